The van der Waals surface area contributed by atoms with Crippen LogP contribution in [0.4, 0.5) is 14.6 Å². The number of anilines is 1. The molecule has 0 spiro atoms. The molecule has 7 heteroatoms. The van der Waals surface area contributed by atoms with Crippen molar-refractivity contribution in [3.8, 4) is 0 Å². The van der Waals surface area contributed by atoms with Crippen LogP contribution in [-0.4, -0.2) is 15.0 Å². The average Bonchev–Trinajstić information content (AvgIpc) is 2.93. The normalized spacial score (nSPS) is 12.8. The third-order valence-corrected chi connectivity index (χ3v) is 4.27. The number of hydrogen-bond acceptors (Lipinski definition) is 5. The maximum absolute atomic E-state index is 13.0. The summed E-state index contributed by atoms with van der Waals surface area (Å²) in [5.74, 6) is -0.0648. The van der Waals surface area contributed by atoms with Crippen molar-refractivity contribution in [3.05, 3.63) is 46.2 Å². The number of para-hydroxylation sites is 1. The van der Waals surface area contributed by atoms with E-state index in [1.165, 1.54) is 0 Å². The monoisotopic (exact) mass is 320 g/mol. The second-order valence-corrected chi connectivity index (χ2v) is 6.19. The molecule has 0 aliphatic heterocycles. The molecule has 0 aliphatic rings. The van der Waals surface area contributed by atoms with E-state index in [0.29, 0.717) is 16.7 Å². The highest BCUT2D eigenvalue weighted by Gasteiger charge is 2.17. The molecule has 0 radical (unpaired) electrons. The number of nitrogens with one attached hydrogen (secondary N) is 1. The molecule has 3 rings (SSSR count). The van der Waals surface area contributed by atoms with Crippen molar-refractivity contribution in [2.45, 2.75) is 26.3 Å². The van der Waals surface area contributed by atoms with E-state index in [-0.39, 0.29) is 6.04 Å². The van der Waals surface area contributed by atoms with Gasteiger partial charge in [0.05, 0.1) is 11.6 Å². The Bertz CT molecular complexity index is 803. The molecule has 22 heavy (non-hydrogen) atoms. The molecular weight excluding hydrogens is 306 g/mol. The standard InChI is InChI=1S/C15H14F2N4S/c1-8-7-18-15(22-8)9(2)19-13-10-5-3-4-6-11(10)20-14(21-13)12(16)17/h3-7,9,12H,1-2H3,(H,19,20,21). The summed E-state index contributed by atoms with van der Waals surface area (Å²) in [4.78, 5) is 13.3. The van der Waals surface area contributed by atoms with Gasteiger partial charge in [0.1, 0.15) is 10.8 Å². The first-order valence-electron chi connectivity index (χ1n) is 6.78. The molecule has 1 N–H and O–H groups in total. The second kappa shape index (κ2) is 5.92. The molecule has 0 saturated carbocycles. The summed E-state index contributed by atoms with van der Waals surface area (Å²) in [6, 6.07) is 6.99. The molecular formula is C15H14F2N4S. The van der Waals surface area contributed by atoms with Gasteiger partial charge >= 0.3 is 0 Å². The van der Waals surface area contributed by atoms with Gasteiger partial charge in [-0.2, -0.15) is 0 Å². The first-order valence-corrected chi connectivity index (χ1v) is 7.60. The quantitative estimate of drug-likeness (QED) is 0.768. The van der Waals surface area contributed by atoms with Crippen molar-refractivity contribution in [2.24, 2.45) is 0 Å². The molecule has 0 saturated heterocycles. The number of alkyl halides is 2. The Hall–Kier alpha value is -2.15. The number of hydrogen-bond donors (Lipinski definition) is 1. The summed E-state index contributed by atoms with van der Waals surface area (Å²) < 4.78 is 26.0. The lowest BCUT2D eigenvalue weighted by molar-refractivity contribution is 0.141. The minimum Gasteiger partial charge on any atom is -0.360 e. The average molecular weight is 320 g/mol. The van der Waals surface area contributed by atoms with E-state index in [4.69, 9.17) is 0 Å². The first kappa shape index (κ1) is 14.8. The minimum atomic E-state index is -2.71. The molecule has 1 aromatic carbocycles. The summed E-state index contributed by atoms with van der Waals surface area (Å²) in [5.41, 5.74) is 0.498. The molecule has 4 nitrogen and oxygen atoms in total. The Labute approximate surface area is 130 Å². The van der Waals surface area contributed by atoms with Gasteiger partial charge in [0, 0.05) is 16.5 Å². The van der Waals surface area contributed by atoms with Gasteiger partial charge in [-0.25, -0.2) is 23.7 Å². The van der Waals surface area contributed by atoms with Gasteiger partial charge in [0.25, 0.3) is 6.43 Å². The second-order valence-electron chi connectivity index (χ2n) is 4.92. The van der Waals surface area contributed by atoms with Gasteiger partial charge in [-0.1, -0.05) is 12.1 Å². The van der Waals surface area contributed by atoms with Crippen LogP contribution in [0.25, 0.3) is 10.9 Å². The van der Waals surface area contributed by atoms with Crippen molar-refractivity contribution < 1.29 is 8.78 Å². The third-order valence-electron chi connectivity index (χ3n) is 3.18. The molecule has 0 fully saturated rings. The van der Waals surface area contributed by atoms with E-state index < -0.39 is 12.2 Å². The summed E-state index contributed by atoms with van der Waals surface area (Å²) in [7, 11) is 0. The number of aryl methyl sites for hydroxylation is 1. The van der Waals surface area contributed by atoms with Crippen LogP contribution in [0.3, 0.4) is 0 Å². The zero-order valence-corrected chi connectivity index (χ0v) is 12.9. The van der Waals surface area contributed by atoms with Gasteiger partial charge in [-0.3, -0.25) is 0 Å². The fraction of sp³-hybridized carbons (Fsp3) is 0.267. The van der Waals surface area contributed by atoms with E-state index in [1.807, 2.05) is 26.0 Å². The maximum atomic E-state index is 13.0. The summed E-state index contributed by atoms with van der Waals surface area (Å²) >= 11 is 1.57. The SMILES string of the molecule is Cc1cnc(C(C)Nc2nc(C(F)F)nc3ccccc23)s1. The van der Waals surface area contributed by atoms with E-state index in [1.54, 1.807) is 29.7 Å². The van der Waals surface area contributed by atoms with Gasteiger partial charge < -0.3 is 5.32 Å². The van der Waals surface area contributed by atoms with E-state index in [2.05, 4.69) is 20.3 Å². The Morgan fingerprint density at radius 3 is 2.64 bits per heavy atom. The highest BCUT2D eigenvalue weighted by molar-refractivity contribution is 7.11. The van der Waals surface area contributed by atoms with Crippen LogP contribution in [0.2, 0.25) is 0 Å². The van der Waals surface area contributed by atoms with Gasteiger partial charge in [0.15, 0.2) is 5.82 Å². The number of rotatable bonds is 4. The highest BCUT2D eigenvalue weighted by atomic mass is 32.1. The lowest BCUT2D eigenvalue weighted by Crippen LogP contribution is -2.10. The highest BCUT2D eigenvalue weighted by Crippen LogP contribution is 2.28. The van der Waals surface area contributed by atoms with Crippen LogP contribution in [-0.2, 0) is 0 Å². The Morgan fingerprint density at radius 2 is 1.95 bits per heavy atom. The summed E-state index contributed by atoms with van der Waals surface area (Å²) in [5, 5.41) is 4.78. The zero-order chi connectivity index (χ0) is 15.7. The van der Waals surface area contributed by atoms with Gasteiger partial charge in [-0.15, -0.1) is 11.3 Å². The van der Waals surface area contributed by atoms with Crippen LogP contribution in [0, 0.1) is 6.92 Å². The van der Waals surface area contributed by atoms with Crippen LogP contribution < -0.4 is 5.32 Å². The van der Waals surface area contributed by atoms with E-state index in [0.717, 1.165) is 9.88 Å². The molecule has 2 heterocycles. The summed E-state index contributed by atoms with van der Waals surface area (Å²) in [6.45, 7) is 3.90. The lowest BCUT2D eigenvalue weighted by Gasteiger charge is -2.14. The van der Waals surface area contributed by atoms with E-state index in [9.17, 15) is 8.78 Å². The topological polar surface area (TPSA) is 50.7 Å². The smallest absolute Gasteiger partial charge is 0.297 e. The fourth-order valence-corrected chi connectivity index (χ4v) is 2.92. The number of halogens is 2. The van der Waals surface area contributed by atoms with Crippen molar-refractivity contribution in [2.75, 3.05) is 5.32 Å². The maximum Gasteiger partial charge on any atom is 0.297 e. The van der Waals surface area contributed by atoms with Crippen molar-refractivity contribution in [3.63, 3.8) is 0 Å². The van der Waals surface area contributed by atoms with Gasteiger partial charge in [0.2, 0.25) is 0 Å². The number of benzene rings is 1. The van der Waals surface area contributed by atoms with Crippen molar-refractivity contribution >= 4 is 28.1 Å². The molecule has 1 atom stereocenters. The largest absolute Gasteiger partial charge is 0.360 e. The Kier molecular flexibility index (Phi) is 3.98. The molecule has 0 amide bonds. The van der Waals surface area contributed by atoms with Crippen LogP contribution >= 0.6 is 11.3 Å². The third kappa shape index (κ3) is 2.89. The predicted octanol–water partition coefficient (Wildman–Crippen LogP) is 4.51. The summed E-state index contributed by atoms with van der Waals surface area (Å²) in [6.07, 6.45) is -0.913. The van der Waals surface area contributed by atoms with Crippen LogP contribution in [0.5, 0.6) is 0 Å². The molecule has 0 aliphatic carbocycles. The van der Waals surface area contributed by atoms with Crippen molar-refractivity contribution in [1.29, 1.82) is 0 Å². The predicted molar refractivity (Wildman–Crippen MR) is 83.4 cm³/mol. The Morgan fingerprint density at radius 1 is 1.18 bits per heavy atom. The molecule has 114 valence electrons. The molecule has 2 aromatic heterocycles. The number of fused-ring (bicyclic) bond motifs is 1. The van der Waals surface area contributed by atoms with Crippen LogP contribution in [0.15, 0.2) is 30.5 Å². The number of aromatic nitrogens is 3. The molecule has 0 bridgehead atoms. The number of thiazole rings is 1. The first-order chi connectivity index (χ1) is 10.5. The molecule has 1 unspecified atom stereocenters. The van der Waals surface area contributed by atoms with E-state index >= 15 is 0 Å². The minimum absolute atomic E-state index is 0.123. The molecule has 3 aromatic rings. The number of nitrogens with zero attached hydrogens (tertiary/aromatic N) is 3. The fourth-order valence-electron chi connectivity index (χ4n) is 2.14. The van der Waals surface area contributed by atoms with Crippen molar-refractivity contribution in [1.82, 2.24) is 15.0 Å². The Balaban J connectivity index is 2.01. The lowest BCUT2D eigenvalue weighted by atomic mass is 10.2. The zero-order valence-electron chi connectivity index (χ0n) is 12.0. The van der Waals surface area contributed by atoms with Crippen LogP contribution in [0.1, 0.15) is 35.1 Å². The van der Waals surface area contributed by atoms with Gasteiger partial charge in [-0.05, 0) is 26.0 Å².